The summed E-state index contributed by atoms with van der Waals surface area (Å²) in [5, 5.41) is 19.8. The largest absolute Gasteiger partial charge is 0.481 e. The average molecular weight is 795 g/mol. The van der Waals surface area contributed by atoms with Crippen LogP contribution in [-0.2, 0) is 38.2 Å². The molecule has 13 unspecified atom stereocenters. The highest BCUT2D eigenvalue weighted by atomic mass is 16.6. The molecule has 0 radical (unpaired) electrons. The first-order valence-electron chi connectivity index (χ1n) is 22.7. The van der Waals surface area contributed by atoms with Gasteiger partial charge in [0.15, 0.2) is 0 Å². The van der Waals surface area contributed by atoms with Gasteiger partial charge < -0.3 is 19.7 Å². The second kappa shape index (κ2) is 17.7. The lowest BCUT2D eigenvalue weighted by Crippen LogP contribution is -2.71. The summed E-state index contributed by atoms with van der Waals surface area (Å²) in [5.41, 5.74) is -1.59. The number of unbranched alkanes of at least 4 members (excludes halogenated alkanes) is 6. The van der Waals surface area contributed by atoms with Gasteiger partial charge in [-0.05, 0) is 129 Å². The SMILES string of the molecule is CCCCC=CC(CCC(CCCCCCCC(=O)O)CC1C(C(C)C)C2CC3C4(C)CCCC(C)(C(=O)O)C4CCC13C1C(=O)OC(=O)C21)C1CC(=O)OC1=O. The van der Waals surface area contributed by atoms with Crippen molar-refractivity contribution >= 4 is 35.8 Å². The number of fused-ring (bicyclic) bond motifs is 2. The first kappa shape index (κ1) is 43.5. The number of carboxylic acids is 2. The molecule has 0 amide bonds. The number of carboxylic acid groups (broad SMARTS) is 2. The lowest BCUT2D eigenvalue weighted by atomic mass is 9.29. The Bertz CT molecular complexity index is 1570. The Morgan fingerprint density at radius 2 is 1.60 bits per heavy atom. The van der Waals surface area contributed by atoms with Gasteiger partial charge in [-0.25, -0.2) is 0 Å². The van der Waals surface area contributed by atoms with E-state index in [4.69, 9.17) is 14.6 Å². The maximum absolute atomic E-state index is 14.1. The molecule has 2 saturated heterocycles. The van der Waals surface area contributed by atoms with Crippen LogP contribution in [0.2, 0.25) is 0 Å². The first-order chi connectivity index (χ1) is 27.1. The van der Waals surface area contributed by atoms with Gasteiger partial charge in [0.2, 0.25) is 0 Å². The molecular formula is C47H70O10. The summed E-state index contributed by atoms with van der Waals surface area (Å²) < 4.78 is 10.7. The molecule has 10 heteroatoms. The summed E-state index contributed by atoms with van der Waals surface area (Å²) >= 11 is 0. The fourth-order valence-corrected chi connectivity index (χ4v) is 14.5. The molecule has 7 fully saturated rings. The van der Waals surface area contributed by atoms with E-state index in [1.165, 1.54) is 0 Å². The van der Waals surface area contributed by atoms with Crippen LogP contribution in [-0.4, -0.2) is 46.0 Å². The molecule has 7 rings (SSSR count). The van der Waals surface area contributed by atoms with E-state index in [9.17, 15) is 33.9 Å². The molecule has 318 valence electrons. The summed E-state index contributed by atoms with van der Waals surface area (Å²) in [6.45, 7) is 10.9. The van der Waals surface area contributed by atoms with E-state index in [2.05, 4.69) is 39.8 Å². The van der Waals surface area contributed by atoms with E-state index in [1.807, 2.05) is 6.92 Å². The Morgan fingerprint density at radius 3 is 2.26 bits per heavy atom. The van der Waals surface area contributed by atoms with Crippen LogP contribution in [0.4, 0.5) is 0 Å². The van der Waals surface area contributed by atoms with Crippen molar-refractivity contribution in [1.29, 1.82) is 0 Å². The van der Waals surface area contributed by atoms with Crippen LogP contribution in [0, 0.1) is 81.3 Å². The Hall–Kier alpha value is -3.04. The lowest BCUT2D eigenvalue weighted by molar-refractivity contribution is -0.264. The van der Waals surface area contributed by atoms with Crippen molar-refractivity contribution in [2.24, 2.45) is 81.3 Å². The van der Waals surface area contributed by atoms with Gasteiger partial charge in [0.25, 0.3) is 0 Å². The van der Waals surface area contributed by atoms with Gasteiger partial charge >= 0.3 is 35.8 Å². The zero-order valence-corrected chi connectivity index (χ0v) is 35.3. The van der Waals surface area contributed by atoms with E-state index >= 15 is 0 Å². The number of cyclic esters (lactones) is 4. The number of carbonyl (C=O) groups excluding carboxylic acids is 4. The highest BCUT2D eigenvalue weighted by Gasteiger charge is 2.77. The van der Waals surface area contributed by atoms with Crippen molar-refractivity contribution in [3.8, 4) is 0 Å². The minimum Gasteiger partial charge on any atom is -0.481 e. The number of ether oxygens (including phenoxy) is 2. The molecule has 13 atom stereocenters. The molecule has 7 aliphatic rings. The van der Waals surface area contributed by atoms with Crippen LogP contribution >= 0.6 is 0 Å². The highest BCUT2D eigenvalue weighted by Crippen LogP contribution is 2.78. The maximum Gasteiger partial charge on any atom is 0.318 e. The van der Waals surface area contributed by atoms with Crippen LogP contribution in [0.25, 0.3) is 0 Å². The first-order valence-corrected chi connectivity index (χ1v) is 22.7. The third-order valence-corrected chi connectivity index (χ3v) is 16.9. The summed E-state index contributed by atoms with van der Waals surface area (Å²) in [6, 6.07) is 0. The second-order valence-corrected chi connectivity index (χ2v) is 20.1. The molecule has 5 aliphatic carbocycles. The van der Waals surface area contributed by atoms with Crippen LogP contribution in [0.1, 0.15) is 163 Å². The molecule has 2 bridgehead atoms. The Balaban J connectivity index is 1.34. The van der Waals surface area contributed by atoms with Crippen LogP contribution in [0.5, 0.6) is 0 Å². The number of hydrogen-bond acceptors (Lipinski definition) is 8. The smallest absolute Gasteiger partial charge is 0.318 e. The Kier molecular flexibility index (Phi) is 13.5. The van der Waals surface area contributed by atoms with Crippen molar-refractivity contribution in [2.45, 2.75) is 163 Å². The minimum absolute atomic E-state index is 0.0113. The molecule has 0 aromatic rings. The van der Waals surface area contributed by atoms with E-state index in [-0.39, 0.29) is 77.5 Å². The zero-order valence-electron chi connectivity index (χ0n) is 35.3. The number of aliphatic carboxylic acids is 2. The number of hydrogen-bond donors (Lipinski definition) is 2. The Morgan fingerprint density at radius 1 is 0.860 bits per heavy atom. The molecule has 2 N–H and O–H groups in total. The molecule has 57 heavy (non-hydrogen) atoms. The summed E-state index contributed by atoms with van der Waals surface area (Å²) in [7, 11) is 0. The predicted octanol–water partition coefficient (Wildman–Crippen LogP) is 9.57. The lowest BCUT2D eigenvalue weighted by Gasteiger charge is -2.73. The quantitative estimate of drug-likeness (QED) is 0.0526. The fourth-order valence-electron chi connectivity index (χ4n) is 14.5. The van der Waals surface area contributed by atoms with Crippen molar-refractivity contribution in [3.63, 3.8) is 0 Å². The number of rotatable bonds is 20. The molecule has 10 nitrogen and oxygen atoms in total. The molecule has 1 spiro atoms. The Labute approximate surface area is 340 Å². The van der Waals surface area contributed by atoms with E-state index < -0.39 is 52.5 Å². The summed E-state index contributed by atoms with van der Waals surface area (Å²) in [4.78, 5) is 77.1. The number of carbonyl (C=O) groups is 6. The van der Waals surface area contributed by atoms with Gasteiger partial charge in [0, 0.05) is 6.42 Å². The molecule has 2 aliphatic heterocycles. The molecule has 0 aromatic carbocycles. The third-order valence-electron chi connectivity index (χ3n) is 16.9. The van der Waals surface area contributed by atoms with Crippen molar-refractivity contribution in [2.75, 3.05) is 0 Å². The molecule has 5 saturated carbocycles. The van der Waals surface area contributed by atoms with Crippen LogP contribution in [0.15, 0.2) is 12.2 Å². The molecule has 2 heterocycles. The van der Waals surface area contributed by atoms with Gasteiger partial charge in [-0.2, -0.15) is 0 Å². The van der Waals surface area contributed by atoms with Gasteiger partial charge in [-0.3, -0.25) is 28.8 Å². The number of esters is 4. The predicted molar refractivity (Wildman–Crippen MR) is 213 cm³/mol. The normalized spacial score (nSPS) is 38.1. The average Bonchev–Trinajstić information content (AvgIpc) is 3.66. The topological polar surface area (TPSA) is 161 Å². The maximum atomic E-state index is 14.1. The van der Waals surface area contributed by atoms with Gasteiger partial charge in [-0.15, -0.1) is 0 Å². The summed E-state index contributed by atoms with van der Waals surface area (Å²) in [6.07, 6.45) is 20.2. The standard InChI is InChI=1S/C47H70O10/c1-6-7-8-13-17-30(31-27-37(50)56-41(31)51)20-19-29(16-12-10-9-11-14-18-36(48)49)25-33-38(28(2)3)32-26-35-45(4)22-15-23-46(5,44(54)55)34(45)21-24-47(33,35)40-39(32)42(52)57-43(40)53/h13,17,28-35,38-40H,6-12,14-16,18-27H2,1-5H3,(H,48,49)(H,54,55). The van der Waals surface area contributed by atoms with E-state index in [1.54, 1.807) is 0 Å². The van der Waals surface area contributed by atoms with E-state index in [0.717, 1.165) is 103 Å². The van der Waals surface area contributed by atoms with Gasteiger partial charge in [0.05, 0.1) is 29.6 Å². The summed E-state index contributed by atoms with van der Waals surface area (Å²) in [5.74, 6) is -3.71. The van der Waals surface area contributed by atoms with Crippen molar-refractivity contribution < 1.29 is 48.5 Å². The molecular weight excluding hydrogens is 725 g/mol. The fraction of sp³-hybridized carbons (Fsp3) is 0.830. The monoisotopic (exact) mass is 794 g/mol. The number of allylic oxidation sites excluding steroid dienone is 2. The molecule has 0 aromatic heterocycles. The highest BCUT2D eigenvalue weighted by molar-refractivity contribution is 5.98. The van der Waals surface area contributed by atoms with Crippen molar-refractivity contribution in [1.82, 2.24) is 0 Å². The zero-order chi connectivity index (χ0) is 41.3. The van der Waals surface area contributed by atoms with Crippen molar-refractivity contribution in [3.05, 3.63) is 12.2 Å². The minimum atomic E-state index is -0.834. The third kappa shape index (κ3) is 8.14. The van der Waals surface area contributed by atoms with Gasteiger partial charge in [-0.1, -0.05) is 91.2 Å². The second-order valence-electron chi connectivity index (χ2n) is 20.1. The van der Waals surface area contributed by atoms with Crippen LogP contribution in [0.3, 0.4) is 0 Å². The van der Waals surface area contributed by atoms with E-state index in [0.29, 0.717) is 12.8 Å². The van der Waals surface area contributed by atoms with Gasteiger partial charge in [0.1, 0.15) is 0 Å². The van der Waals surface area contributed by atoms with Crippen LogP contribution < -0.4 is 0 Å².